The maximum atomic E-state index is 11.8. The van der Waals surface area contributed by atoms with Crippen LogP contribution in [0.2, 0.25) is 0 Å². The number of para-hydroxylation sites is 1. The van der Waals surface area contributed by atoms with Crippen LogP contribution >= 0.6 is 0 Å². The Hall–Kier alpha value is -1.55. The molecule has 0 heterocycles. The number of ether oxygens (including phenoxy) is 1. The predicted octanol–water partition coefficient (Wildman–Crippen LogP) is 2.00. The van der Waals surface area contributed by atoms with Gasteiger partial charge in [0.15, 0.2) is 0 Å². The van der Waals surface area contributed by atoms with E-state index in [-0.39, 0.29) is 11.9 Å². The van der Waals surface area contributed by atoms with Gasteiger partial charge in [-0.2, -0.15) is 0 Å². The van der Waals surface area contributed by atoms with Crippen molar-refractivity contribution in [3.63, 3.8) is 0 Å². The van der Waals surface area contributed by atoms with E-state index in [4.69, 9.17) is 10.5 Å². The number of benzene rings is 1. The van der Waals surface area contributed by atoms with Crippen molar-refractivity contribution < 1.29 is 9.53 Å². The fraction of sp³-hybridized carbons (Fsp3) is 0.500. The summed E-state index contributed by atoms with van der Waals surface area (Å²) in [5.41, 5.74) is 6.71. The fourth-order valence-corrected chi connectivity index (χ4v) is 1.82. The van der Waals surface area contributed by atoms with Gasteiger partial charge in [0.25, 0.3) is 0 Å². The molecule has 1 unspecified atom stereocenters. The van der Waals surface area contributed by atoms with Crippen molar-refractivity contribution in [1.29, 1.82) is 0 Å². The molecule has 0 aliphatic carbocycles. The van der Waals surface area contributed by atoms with Crippen LogP contribution in [0.4, 0.5) is 0 Å². The number of carbonyl (C=O) groups excluding carboxylic acids is 1. The second-order valence-corrected chi connectivity index (χ2v) is 4.23. The van der Waals surface area contributed by atoms with Gasteiger partial charge in [0.1, 0.15) is 5.75 Å². The first-order valence-electron chi connectivity index (χ1n) is 6.32. The van der Waals surface area contributed by atoms with Crippen LogP contribution in [0.3, 0.4) is 0 Å². The molecule has 0 fully saturated rings. The lowest BCUT2D eigenvalue weighted by Crippen LogP contribution is -2.41. The summed E-state index contributed by atoms with van der Waals surface area (Å²) in [6.07, 6.45) is 1.43. The summed E-state index contributed by atoms with van der Waals surface area (Å²) < 4.78 is 5.31. The smallest absolute Gasteiger partial charge is 0.237 e. The number of nitrogens with two attached hydrogens (primary N) is 1. The van der Waals surface area contributed by atoms with Crippen molar-refractivity contribution in [2.75, 3.05) is 7.11 Å². The van der Waals surface area contributed by atoms with Crippen molar-refractivity contribution >= 4 is 5.91 Å². The van der Waals surface area contributed by atoms with Crippen LogP contribution in [-0.4, -0.2) is 19.1 Å². The van der Waals surface area contributed by atoms with Crippen LogP contribution in [0.15, 0.2) is 24.3 Å². The van der Waals surface area contributed by atoms with Crippen LogP contribution in [-0.2, 0) is 4.79 Å². The van der Waals surface area contributed by atoms with Crippen molar-refractivity contribution in [2.24, 2.45) is 5.73 Å². The monoisotopic (exact) mass is 250 g/mol. The molecule has 0 aliphatic heterocycles. The lowest BCUT2D eigenvalue weighted by Gasteiger charge is -2.21. The standard InChI is InChI=1S/C14H22N2O2/c1-4-11(15)14(17)16-12(5-2)10-8-6-7-9-13(10)18-3/h6-9,11-12H,4-5,15H2,1-3H3,(H,16,17)/t11-,12?/m1/s1. The Bertz CT molecular complexity index is 393. The van der Waals surface area contributed by atoms with E-state index in [2.05, 4.69) is 5.32 Å². The van der Waals surface area contributed by atoms with E-state index in [1.54, 1.807) is 7.11 Å². The zero-order chi connectivity index (χ0) is 13.5. The highest BCUT2D eigenvalue weighted by molar-refractivity contribution is 5.81. The minimum absolute atomic E-state index is 0.0637. The van der Waals surface area contributed by atoms with Crippen molar-refractivity contribution in [2.45, 2.75) is 38.8 Å². The Labute approximate surface area is 109 Å². The van der Waals surface area contributed by atoms with Crippen LogP contribution < -0.4 is 15.8 Å². The Morgan fingerprint density at radius 3 is 2.56 bits per heavy atom. The predicted molar refractivity (Wildman–Crippen MR) is 72.4 cm³/mol. The molecule has 0 aromatic heterocycles. The molecule has 0 saturated heterocycles. The summed E-state index contributed by atoms with van der Waals surface area (Å²) in [6, 6.07) is 7.19. The molecule has 1 aromatic rings. The summed E-state index contributed by atoms with van der Waals surface area (Å²) in [5, 5.41) is 2.96. The molecule has 4 nitrogen and oxygen atoms in total. The number of hydrogen-bond donors (Lipinski definition) is 2. The average molecular weight is 250 g/mol. The van der Waals surface area contributed by atoms with E-state index in [0.29, 0.717) is 6.42 Å². The Kier molecular flexibility index (Phi) is 5.65. The molecular weight excluding hydrogens is 228 g/mol. The van der Waals surface area contributed by atoms with Gasteiger partial charge in [-0.05, 0) is 18.9 Å². The third-order valence-corrected chi connectivity index (χ3v) is 3.02. The highest BCUT2D eigenvalue weighted by atomic mass is 16.5. The van der Waals surface area contributed by atoms with Gasteiger partial charge in [-0.3, -0.25) is 4.79 Å². The summed E-state index contributed by atoms with van der Waals surface area (Å²) in [4.78, 5) is 11.8. The van der Waals surface area contributed by atoms with E-state index >= 15 is 0 Å². The van der Waals surface area contributed by atoms with Gasteiger partial charge in [0.05, 0.1) is 19.2 Å². The molecule has 0 spiro atoms. The van der Waals surface area contributed by atoms with Crippen molar-refractivity contribution in [3.8, 4) is 5.75 Å². The van der Waals surface area contributed by atoms with Crippen LogP contribution in [0.5, 0.6) is 5.75 Å². The van der Waals surface area contributed by atoms with Crippen molar-refractivity contribution in [3.05, 3.63) is 29.8 Å². The molecule has 1 amide bonds. The average Bonchev–Trinajstić information content (AvgIpc) is 2.43. The van der Waals surface area contributed by atoms with Gasteiger partial charge in [-0.1, -0.05) is 32.0 Å². The molecule has 1 aromatic carbocycles. The maximum absolute atomic E-state index is 11.8. The van der Waals surface area contributed by atoms with Gasteiger partial charge in [-0.15, -0.1) is 0 Å². The molecule has 100 valence electrons. The van der Waals surface area contributed by atoms with E-state index in [0.717, 1.165) is 17.7 Å². The normalized spacial score (nSPS) is 13.8. The Balaban J connectivity index is 2.86. The number of nitrogens with one attached hydrogen (secondary N) is 1. The molecule has 0 bridgehead atoms. The topological polar surface area (TPSA) is 64.4 Å². The summed E-state index contributed by atoms with van der Waals surface area (Å²) >= 11 is 0. The number of rotatable bonds is 6. The molecule has 18 heavy (non-hydrogen) atoms. The largest absolute Gasteiger partial charge is 0.496 e. The highest BCUT2D eigenvalue weighted by Crippen LogP contribution is 2.26. The van der Waals surface area contributed by atoms with Gasteiger partial charge in [0, 0.05) is 5.56 Å². The lowest BCUT2D eigenvalue weighted by molar-refractivity contribution is -0.123. The van der Waals surface area contributed by atoms with Gasteiger partial charge in [0.2, 0.25) is 5.91 Å². The number of hydrogen-bond acceptors (Lipinski definition) is 3. The minimum atomic E-state index is -0.450. The number of methoxy groups -OCH3 is 1. The Morgan fingerprint density at radius 2 is 2.00 bits per heavy atom. The summed E-state index contributed by atoms with van der Waals surface area (Å²) in [7, 11) is 1.63. The van der Waals surface area contributed by atoms with E-state index in [9.17, 15) is 4.79 Å². The minimum Gasteiger partial charge on any atom is -0.496 e. The molecule has 2 atom stereocenters. The van der Waals surface area contributed by atoms with E-state index in [1.807, 2.05) is 38.1 Å². The molecule has 4 heteroatoms. The first-order chi connectivity index (χ1) is 8.63. The van der Waals surface area contributed by atoms with Crippen LogP contribution in [0.1, 0.15) is 38.3 Å². The van der Waals surface area contributed by atoms with Crippen molar-refractivity contribution in [1.82, 2.24) is 5.32 Å². The van der Waals surface area contributed by atoms with Gasteiger partial charge in [-0.25, -0.2) is 0 Å². The zero-order valence-electron chi connectivity index (χ0n) is 11.3. The van der Waals surface area contributed by atoms with E-state index < -0.39 is 6.04 Å². The zero-order valence-corrected chi connectivity index (χ0v) is 11.3. The third kappa shape index (κ3) is 3.47. The SMILES string of the molecule is CCC(NC(=O)[C@H](N)CC)c1ccccc1OC. The first-order valence-corrected chi connectivity index (χ1v) is 6.32. The maximum Gasteiger partial charge on any atom is 0.237 e. The van der Waals surface area contributed by atoms with E-state index in [1.165, 1.54) is 0 Å². The summed E-state index contributed by atoms with van der Waals surface area (Å²) in [5.74, 6) is 0.671. The first kappa shape index (κ1) is 14.5. The number of carbonyl (C=O) groups is 1. The second-order valence-electron chi connectivity index (χ2n) is 4.23. The molecule has 0 radical (unpaired) electrons. The molecule has 1 rings (SSSR count). The molecular formula is C14H22N2O2. The quantitative estimate of drug-likeness (QED) is 0.811. The van der Waals surface area contributed by atoms with Crippen LogP contribution in [0, 0.1) is 0 Å². The lowest BCUT2D eigenvalue weighted by atomic mass is 10.0. The van der Waals surface area contributed by atoms with Crippen LogP contribution in [0.25, 0.3) is 0 Å². The number of amides is 1. The second kappa shape index (κ2) is 7.01. The third-order valence-electron chi connectivity index (χ3n) is 3.02. The highest BCUT2D eigenvalue weighted by Gasteiger charge is 2.19. The van der Waals surface area contributed by atoms with Gasteiger partial charge >= 0.3 is 0 Å². The Morgan fingerprint density at radius 1 is 1.33 bits per heavy atom. The summed E-state index contributed by atoms with van der Waals surface area (Å²) in [6.45, 7) is 3.92. The molecule has 3 N–H and O–H groups in total. The fourth-order valence-electron chi connectivity index (χ4n) is 1.82. The van der Waals surface area contributed by atoms with Gasteiger partial charge < -0.3 is 15.8 Å². The molecule has 0 aliphatic rings. The molecule has 0 saturated carbocycles.